The van der Waals surface area contributed by atoms with Gasteiger partial charge < -0.3 is 9.84 Å². The molecule has 0 aromatic heterocycles. The van der Waals surface area contributed by atoms with Gasteiger partial charge in [-0.1, -0.05) is 30.3 Å². The van der Waals surface area contributed by atoms with Gasteiger partial charge in [0.05, 0.1) is 5.02 Å². The van der Waals surface area contributed by atoms with Crippen molar-refractivity contribution >= 4 is 23.6 Å². The molecule has 1 aromatic rings. The van der Waals surface area contributed by atoms with E-state index in [4.69, 9.17) is 21.4 Å². The maximum Gasteiger partial charge on any atom is 0.328 e. The Morgan fingerprint density at radius 1 is 1.59 bits per heavy atom. The quantitative estimate of drug-likeness (QED) is 0.645. The van der Waals surface area contributed by atoms with E-state index in [1.807, 2.05) is 6.92 Å². The van der Waals surface area contributed by atoms with Crippen LogP contribution in [0.5, 0.6) is 5.75 Å². The molecule has 0 spiro atoms. The van der Waals surface area contributed by atoms with Crippen LogP contribution in [0.4, 0.5) is 0 Å². The number of para-hydroxylation sites is 1. The molecule has 0 fully saturated rings. The zero-order chi connectivity index (χ0) is 12.8. The van der Waals surface area contributed by atoms with Gasteiger partial charge in [-0.05, 0) is 24.6 Å². The maximum atomic E-state index is 10.5. The molecule has 1 N–H and O–H groups in total. The first-order valence-electron chi connectivity index (χ1n) is 4.97. The summed E-state index contributed by atoms with van der Waals surface area (Å²) in [7, 11) is 0. The van der Waals surface area contributed by atoms with E-state index in [0.717, 1.165) is 11.6 Å². The molecule has 0 bridgehead atoms. The number of aliphatic carboxylic acids is 1. The first kappa shape index (κ1) is 13.3. The third-order valence-electron chi connectivity index (χ3n) is 1.87. The van der Waals surface area contributed by atoms with Crippen LogP contribution in [0.2, 0.25) is 5.02 Å². The van der Waals surface area contributed by atoms with E-state index in [1.54, 1.807) is 18.2 Å². The van der Waals surface area contributed by atoms with Crippen molar-refractivity contribution in [1.29, 1.82) is 0 Å². The molecule has 17 heavy (non-hydrogen) atoms. The van der Waals surface area contributed by atoms with Gasteiger partial charge in [-0.15, -0.1) is 0 Å². The molecule has 1 aromatic carbocycles. The molecule has 0 saturated heterocycles. The van der Waals surface area contributed by atoms with Crippen LogP contribution in [0.25, 0.3) is 6.08 Å². The zero-order valence-electron chi connectivity index (χ0n) is 9.44. The second-order valence-corrected chi connectivity index (χ2v) is 3.98. The van der Waals surface area contributed by atoms with Crippen molar-refractivity contribution < 1.29 is 14.6 Å². The normalized spacial score (nSPS) is 10.5. The molecule has 4 heteroatoms. The minimum atomic E-state index is -1.02. The SMILES string of the molecule is C=C(C)COc1c(Cl)cccc1/C=C/C(=O)O. The van der Waals surface area contributed by atoms with Gasteiger partial charge in [0.1, 0.15) is 12.4 Å². The summed E-state index contributed by atoms with van der Waals surface area (Å²) in [5.41, 5.74) is 1.49. The summed E-state index contributed by atoms with van der Waals surface area (Å²) in [5, 5.41) is 9.02. The molecule has 0 aliphatic rings. The third-order valence-corrected chi connectivity index (χ3v) is 2.16. The molecule has 0 aliphatic carbocycles. The van der Waals surface area contributed by atoms with E-state index in [2.05, 4.69) is 6.58 Å². The van der Waals surface area contributed by atoms with Gasteiger partial charge in [0, 0.05) is 11.6 Å². The van der Waals surface area contributed by atoms with E-state index in [0.29, 0.717) is 22.9 Å². The van der Waals surface area contributed by atoms with Crippen LogP contribution < -0.4 is 4.74 Å². The van der Waals surface area contributed by atoms with Gasteiger partial charge >= 0.3 is 5.97 Å². The smallest absolute Gasteiger partial charge is 0.328 e. The van der Waals surface area contributed by atoms with Gasteiger partial charge in [-0.2, -0.15) is 0 Å². The van der Waals surface area contributed by atoms with Gasteiger partial charge in [0.25, 0.3) is 0 Å². The van der Waals surface area contributed by atoms with E-state index in [1.165, 1.54) is 6.08 Å². The Labute approximate surface area is 105 Å². The molecular weight excluding hydrogens is 240 g/mol. The van der Waals surface area contributed by atoms with Crippen LogP contribution in [-0.4, -0.2) is 17.7 Å². The second-order valence-electron chi connectivity index (χ2n) is 3.58. The molecule has 0 amide bonds. The van der Waals surface area contributed by atoms with Crippen LogP contribution >= 0.6 is 11.6 Å². The Kier molecular flexibility index (Phi) is 4.79. The number of carboxylic acids is 1. The van der Waals surface area contributed by atoms with Crippen molar-refractivity contribution in [1.82, 2.24) is 0 Å². The maximum absolute atomic E-state index is 10.5. The lowest BCUT2D eigenvalue weighted by molar-refractivity contribution is -0.131. The van der Waals surface area contributed by atoms with Gasteiger partial charge in [-0.3, -0.25) is 0 Å². The summed E-state index contributed by atoms with van der Waals surface area (Å²) < 4.78 is 5.49. The zero-order valence-corrected chi connectivity index (χ0v) is 10.2. The number of hydrogen-bond donors (Lipinski definition) is 1. The van der Waals surface area contributed by atoms with Crippen LogP contribution in [-0.2, 0) is 4.79 Å². The minimum absolute atomic E-state index is 0.345. The molecule has 0 saturated carbocycles. The lowest BCUT2D eigenvalue weighted by Gasteiger charge is -2.10. The highest BCUT2D eigenvalue weighted by Crippen LogP contribution is 2.29. The predicted octanol–water partition coefficient (Wildman–Crippen LogP) is 3.39. The Bertz CT molecular complexity index is 464. The summed E-state index contributed by atoms with van der Waals surface area (Å²) >= 11 is 5.99. The Morgan fingerprint density at radius 3 is 2.88 bits per heavy atom. The van der Waals surface area contributed by atoms with Crippen LogP contribution in [0.15, 0.2) is 36.4 Å². The molecule has 3 nitrogen and oxygen atoms in total. The summed E-state index contributed by atoms with van der Waals surface area (Å²) in [6.45, 7) is 5.91. The minimum Gasteiger partial charge on any atom is -0.487 e. The average Bonchev–Trinajstić information content (AvgIpc) is 2.24. The number of carboxylic acid groups (broad SMARTS) is 1. The fourth-order valence-electron chi connectivity index (χ4n) is 1.17. The van der Waals surface area contributed by atoms with Crippen molar-refractivity contribution in [2.45, 2.75) is 6.92 Å². The summed E-state index contributed by atoms with van der Waals surface area (Å²) in [5.74, 6) is -0.550. The summed E-state index contributed by atoms with van der Waals surface area (Å²) in [6.07, 6.45) is 2.49. The second kappa shape index (κ2) is 6.11. The molecule has 90 valence electrons. The molecule has 0 aliphatic heterocycles. The van der Waals surface area contributed by atoms with Crippen molar-refractivity contribution in [3.63, 3.8) is 0 Å². The largest absolute Gasteiger partial charge is 0.487 e. The number of halogens is 1. The number of hydrogen-bond acceptors (Lipinski definition) is 2. The highest BCUT2D eigenvalue weighted by Gasteiger charge is 2.06. The Hall–Kier alpha value is -1.74. The Balaban J connectivity index is 2.99. The van der Waals surface area contributed by atoms with Crippen molar-refractivity contribution in [3.8, 4) is 5.75 Å². The molecule has 0 atom stereocenters. The first-order valence-corrected chi connectivity index (χ1v) is 5.35. The topological polar surface area (TPSA) is 46.5 Å². The van der Waals surface area contributed by atoms with E-state index >= 15 is 0 Å². The van der Waals surface area contributed by atoms with Crippen molar-refractivity contribution in [2.24, 2.45) is 0 Å². The van der Waals surface area contributed by atoms with E-state index in [-0.39, 0.29) is 0 Å². The van der Waals surface area contributed by atoms with Crippen LogP contribution in [0.1, 0.15) is 12.5 Å². The van der Waals surface area contributed by atoms with Gasteiger partial charge in [0.2, 0.25) is 0 Å². The number of ether oxygens (including phenoxy) is 1. The van der Waals surface area contributed by atoms with Gasteiger partial charge in [0.15, 0.2) is 0 Å². The molecular formula is C13H13ClO3. The standard InChI is InChI=1S/C13H13ClO3/c1-9(2)8-17-13-10(6-7-12(15)16)4-3-5-11(13)14/h3-7H,1,8H2,2H3,(H,15,16)/b7-6+. The third kappa shape index (κ3) is 4.33. The predicted molar refractivity (Wildman–Crippen MR) is 68.4 cm³/mol. The van der Waals surface area contributed by atoms with Crippen LogP contribution in [0.3, 0.4) is 0 Å². The molecule has 0 unspecified atom stereocenters. The number of benzene rings is 1. The summed E-state index contributed by atoms with van der Waals surface area (Å²) in [4.78, 5) is 10.5. The lowest BCUT2D eigenvalue weighted by Crippen LogP contribution is -2.00. The van der Waals surface area contributed by atoms with Crippen molar-refractivity contribution in [2.75, 3.05) is 6.61 Å². The molecule has 0 heterocycles. The molecule has 1 rings (SSSR count). The fraction of sp³-hybridized carbons (Fsp3) is 0.154. The van der Waals surface area contributed by atoms with Crippen molar-refractivity contribution in [3.05, 3.63) is 47.0 Å². The highest BCUT2D eigenvalue weighted by molar-refractivity contribution is 6.32. The average molecular weight is 253 g/mol. The monoisotopic (exact) mass is 252 g/mol. The fourth-order valence-corrected chi connectivity index (χ4v) is 1.40. The Morgan fingerprint density at radius 2 is 2.29 bits per heavy atom. The van der Waals surface area contributed by atoms with Crippen LogP contribution in [0, 0.1) is 0 Å². The lowest BCUT2D eigenvalue weighted by atomic mass is 10.2. The van der Waals surface area contributed by atoms with Gasteiger partial charge in [-0.25, -0.2) is 4.79 Å². The summed E-state index contributed by atoms with van der Waals surface area (Å²) in [6, 6.07) is 5.16. The highest BCUT2D eigenvalue weighted by atomic mass is 35.5. The van der Waals surface area contributed by atoms with E-state index < -0.39 is 5.97 Å². The number of rotatable bonds is 5. The number of carbonyl (C=O) groups is 1. The molecule has 0 radical (unpaired) electrons. The van der Waals surface area contributed by atoms with E-state index in [9.17, 15) is 4.79 Å². The first-order chi connectivity index (χ1) is 8.00.